The predicted molar refractivity (Wildman–Crippen MR) is 105 cm³/mol. The summed E-state index contributed by atoms with van der Waals surface area (Å²) >= 11 is 2.82. The van der Waals surface area contributed by atoms with Crippen LogP contribution in [0.15, 0.2) is 52.2 Å². The van der Waals surface area contributed by atoms with Gasteiger partial charge in [0.25, 0.3) is 0 Å². The summed E-state index contributed by atoms with van der Waals surface area (Å²) in [5, 5.41) is 4.77. The number of amides is 1. The summed E-state index contributed by atoms with van der Waals surface area (Å²) in [4.78, 5) is 16.7. The topological polar surface area (TPSA) is 51.2 Å². The summed E-state index contributed by atoms with van der Waals surface area (Å²) in [7, 11) is 1.57. The molecule has 2 aromatic carbocycles. The molecule has 0 radical (unpaired) electrons. The van der Waals surface area contributed by atoms with Gasteiger partial charge in [0.05, 0.1) is 24.2 Å². The summed E-state index contributed by atoms with van der Waals surface area (Å²) < 4.78 is 19.1. The quantitative estimate of drug-likeness (QED) is 0.604. The minimum absolute atomic E-state index is 0.127. The van der Waals surface area contributed by atoms with Crippen molar-refractivity contribution in [2.75, 3.05) is 18.2 Å². The molecule has 0 saturated carbocycles. The third-order valence-electron chi connectivity index (χ3n) is 3.58. The fraction of sp³-hybridized carbons (Fsp3) is 0.158. The van der Waals surface area contributed by atoms with E-state index in [1.807, 2.05) is 30.5 Å². The first-order valence-electron chi connectivity index (χ1n) is 7.84. The minimum atomic E-state index is -0.276. The molecule has 0 atom stereocenters. The number of aryl methyl sites for hydroxylation is 1. The van der Waals surface area contributed by atoms with E-state index in [1.165, 1.54) is 35.2 Å². The second-order valence-electron chi connectivity index (χ2n) is 5.55. The molecular weight excluding hydrogens is 371 g/mol. The number of methoxy groups -OCH3 is 1. The van der Waals surface area contributed by atoms with Crippen molar-refractivity contribution >= 4 is 34.7 Å². The molecule has 1 heterocycles. The van der Waals surface area contributed by atoms with Crippen LogP contribution in [0.3, 0.4) is 0 Å². The Labute approximate surface area is 159 Å². The van der Waals surface area contributed by atoms with Gasteiger partial charge in [0, 0.05) is 10.9 Å². The first-order chi connectivity index (χ1) is 12.5. The molecule has 0 saturated heterocycles. The van der Waals surface area contributed by atoms with Crippen LogP contribution in [0.5, 0.6) is 5.75 Å². The molecule has 0 bridgehead atoms. The molecule has 0 spiro atoms. The zero-order chi connectivity index (χ0) is 18.5. The lowest BCUT2D eigenvalue weighted by Crippen LogP contribution is -2.14. The number of rotatable bonds is 6. The zero-order valence-corrected chi connectivity index (χ0v) is 15.9. The molecule has 26 heavy (non-hydrogen) atoms. The fourth-order valence-electron chi connectivity index (χ4n) is 2.31. The van der Waals surface area contributed by atoms with Crippen LogP contribution in [-0.4, -0.2) is 23.8 Å². The zero-order valence-electron chi connectivity index (χ0n) is 14.3. The number of thioether (sulfide) groups is 1. The molecule has 0 aliphatic carbocycles. The number of halogens is 1. The van der Waals surface area contributed by atoms with E-state index in [0.717, 1.165) is 21.2 Å². The van der Waals surface area contributed by atoms with Crippen molar-refractivity contribution in [3.05, 3.63) is 59.2 Å². The molecule has 4 nitrogen and oxygen atoms in total. The van der Waals surface area contributed by atoms with E-state index >= 15 is 0 Å². The maximum absolute atomic E-state index is 13.0. The third-order valence-corrected chi connectivity index (χ3v) is 5.60. The van der Waals surface area contributed by atoms with Crippen LogP contribution >= 0.6 is 23.1 Å². The molecule has 7 heteroatoms. The number of hydrogen-bond acceptors (Lipinski definition) is 5. The molecular formula is C19H17FN2O2S2. The minimum Gasteiger partial charge on any atom is -0.495 e. The molecule has 1 amide bonds. The Morgan fingerprint density at radius 1 is 1.27 bits per heavy atom. The van der Waals surface area contributed by atoms with E-state index in [9.17, 15) is 9.18 Å². The number of thiazole rings is 1. The van der Waals surface area contributed by atoms with E-state index in [2.05, 4.69) is 10.3 Å². The van der Waals surface area contributed by atoms with Gasteiger partial charge in [-0.15, -0.1) is 11.3 Å². The van der Waals surface area contributed by atoms with Crippen molar-refractivity contribution in [1.29, 1.82) is 0 Å². The van der Waals surface area contributed by atoms with Crippen LogP contribution in [0, 0.1) is 12.7 Å². The summed E-state index contributed by atoms with van der Waals surface area (Å²) in [6.45, 7) is 1.95. The molecule has 134 valence electrons. The van der Waals surface area contributed by atoms with Gasteiger partial charge in [-0.3, -0.25) is 4.79 Å². The van der Waals surface area contributed by atoms with Gasteiger partial charge >= 0.3 is 0 Å². The summed E-state index contributed by atoms with van der Waals surface area (Å²) in [5.74, 6) is 0.467. The van der Waals surface area contributed by atoms with E-state index in [4.69, 9.17) is 4.74 Å². The average Bonchev–Trinajstić information content (AvgIpc) is 3.10. The lowest BCUT2D eigenvalue weighted by molar-refractivity contribution is -0.113. The molecule has 0 aliphatic rings. The lowest BCUT2D eigenvalue weighted by Gasteiger charge is -2.10. The average molecular weight is 388 g/mol. The Bertz CT molecular complexity index is 910. The summed E-state index contributed by atoms with van der Waals surface area (Å²) in [6.07, 6.45) is 0. The van der Waals surface area contributed by atoms with Crippen molar-refractivity contribution in [1.82, 2.24) is 4.98 Å². The Morgan fingerprint density at radius 2 is 2.04 bits per heavy atom. The molecule has 1 N–H and O–H groups in total. The van der Waals surface area contributed by atoms with Gasteiger partial charge in [0.1, 0.15) is 11.6 Å². The number of carbonyl (C=O) groups is 1. The standard InChI is InChI=1S/C19H17FN2O2S2/c1-12-3-8-17(24-2)15(9-12)21-18(23)11-26-19-22-16(10-25-19)13-4-6-14(20)7-5-13/h3-10H,11H2,1-2H3,(H,21,23). The molecule has 3 rings (SSSR count). The number of aromatic nitrogens is 1. The van der Waals surface area contributed by atoms with Crippen molar-refractivity contribution in [3.8, 4) is 17.0 Å². The third kappa shape index (κ3) is 4.62. The molecule has 0 unspecified atom stereocenters. The maximum Gasteiger partial charge on any atom is 0.234 e. The Kier molecular flexibility index (Phi) is 5.90. The number of benzene rings is 2. The normalized spacial score (nSPS) is 10.6. The highest BCUT2D eigenvalue weighted by Crippen LogP contribution is 2.29. The van der Waals surface area contributed by atoms with Crippen LogP contribution in [0.4, 0.5) is 10.1 Å². The maximum atomic E-state index is 13.0. The van der Waals surface area contributed by atoms with E-state index in [-0.39, 0.29) is 17.5 Å². The van der Waals surface area contributed by atoms with Crippen LogP contribution in [0.1, 0.15) is 5.56 Å². The van der Waals surface area contributed by atoms with Crippen molar-refractivity contribution in [3.63, 3.8) is 0 Å². The highest BCUT2D eigenvalue weighted by atomic mass is 32.2. The van der Waals surface area contributed by atoms with Gasteiger partial charge < -0.3 is 10.1 Å². The van der Waals surface area contributed by atoms with Crippen LogP contribution in [0.25, 0.3) is 11.3 Å². The highest BCUT2D eigenvalue weighted by molar-refractivity contribution is 8.01. The second kappa shape index (κ2) is 8.33. The SMILES string of the molecule is COc1ccc(C)cc1NC(=O)CSc1nc(-c2ccc(F)cc2)cs1. The van der Waals surface area contributed by atoms with Crippen molar-refractivity contribution in [2.45, 2.75) is 11.3 Å². The van der Waals surface area contributed by atoms with Crippen molar-refractivity contribution < 1.29 is 13.9 Å². The first-order valence-corrected chi connectivity index (χ1v) is 9.70. The van der Waals surface area contributed by atoms with Crippen LogP contribution < -0.4 is 10.1 Å². The Morgan fingerprint density at radius 3 is 2.77 bits per heavy atom. The summed E-state index contributed by atoms with van der Waals surface area (Å²) in [6, 6.07) is 11.8. The number of anilines is 1. The highest BCUT2D eigenvalue weighted by Gasteiger charge is 2.11. The largest absolute Gasteiger partial charge is 0.495 e. The number of hydrogen-bond donors (Lipinski definition) is 1. The summed E-state index contributed by atoms with van der Waals surface area (Å²) in [5.41, 5.74) is 3.32. The molecule has 0 fully saturated rings. The Balaban J connectivity index is 1.60. The van der Waals surface area contributed by atoms with Gasteiger partial charge in [-0.25, -0.2) is 9.37 Å². The van der Waals surface area contributed by atoms with Crippen LogP contribution in [0.2, 0.25) is 0 Å². The monoisotopic (exact) mass is 388 g/mol. The number of nitrogens with zero attached hydrogens (tertiary/aromatic N) is 1. The van der Waals surface area contributed by atoms with Gasteiger partial charge in [-0.2, -0.15) is 0 Å². The number of ether oxygens (including phenoxy) is 1. The first kappa shape index (κ1) is 18.4. The smallest absolute Gasteiger partial charge is 0.234 e. The molecule has 0 aliphatic heterocycles. The Hall–Kier alpha value is -2.38. The fourth-order valence-corrected chi connectivity index (χ4v) is 3.95. The van der Waals surface area contributed by atoms with Crippen LogP contribution in [-0.2, 0) is 4.79 Å². The number of nitrogens with one attached hydrogen (secondary N) is 1. The van der Waals surface area contributed by atoms with Gasteiger partial charge in [0.15, 0.2) is 4.34 Å². The predicted octanol–water partition coefficient (Wildman–Crippen LogP) is 5.00. The number of carbonyl (C=O) groups excluding carboxylic acids is 1. The van der Waals surface area contributed by atoms with Gasteiger partial charge in [-0.05, 0) is 48.9 Å². The second-order valence-corrected chi connectivity index (χ2v) is 7.63. The van der Waals surface area contributed by atoms with Gasteiger partial charge in [-0.1, -0.05) is 17.8 Å². The lowest BCUT2D eigenvalue weighted by atomic mass is 10.2. The van der Waals surface area contributed by atoms with E-state index in [1.54, 1.807) is 19.2 Å². The van der Waals surface area contributed by atoms with Gasteiger partial charge in [0.2, 0.25) is 5.91 Å². The van der Waals surface area contributed by atoms with E-state index < -0.39 is 0 Å². The van der Waals surface area contributed by atoms with Crippen molar-refractivity contribution in [2.24, 2.45) is 0 Å². The molecule has 3 aromatic rings. The van der Waals surface area contributed by atoms with E-state index in [0.29, 0.717) is 11.4 Å². The molecule has 1 aromatic heterocycles.